The van der Waals surface area contributed by atoms with E-state index in [2.05, 4.69) is 93.6 Å². The third-order valence-corrected chi connectivity index (χ3v) is 13.5. The molecular weight excluding hydrogens is 1340 g/mol. The van der Waals surface area contributed by atoms with Crippen molar-refractivity contribution in [2.45, 2.75) is 41.1 Å². The maximum Gasteiger partial charge on any atom is 0.240 e. The molecule has 0 aliphatic rings. The van der Waals surface area contributed by atoms with Crippen LogP contribution in [0, 0.1) is 109 Å². The van der Waals surface area contributed by atoms with Crippen molar-refractivity contribution in [2.75, 3.05) is 21.7 Å². The zero-order valence-corrected chi connectivity index (χ0v) is 48.9. The average molecular weight is 1410 g/mol. The second-order valence-corrected chi connectivity index (χ2v) is 19.0. The van der Waals surface area contributed by atoms with E-state index < -0.39 is 156 Å². The molecule has 9 rings (SSSR count). The van der Waals surface area contributed by atoms with Crippen LogP contribution in [0.25, 0.3) is 0 Å². The molecule has 9 aromatic rings. The number of phenols is 1. The molecule has 0 spiro atoms. The highest BCUT2D eigenvalue weighted by Gasteiger charge is 2.19. The van der Waals surface area contributed by atoms with Crippen LogP contribution >= 0.6 is 82.6 Å². The number of nitrogens with zero attached hydrogens (tertiary/aromatic N) is 12. The number of aromatic nitrogens is 6. The molecule has 0 aliphatic heterocycles. The van der Waals surface area contributed by atoms with Gasteiger partial charge in [-0.15, -0.1) is 0 Å². The highest BCUT2D eigenvalue weighted by Crippen LogP contribution is 2.39. The Morgan fingerprint density at radius 1 is 0.435 bits per heavy atom. The van der Waals surface area contributed by atoms with Crippen molar-refractivity contribution in [3.63, 3.8) is 0 Å². The predicted molar refractivity (Wildman–Crippen MR) is 336 cm³/mol. The van der Waals surface area contributed by atoms with Crippen LogP contribution in [-0.4, -0.2) is 35.0 Å². The van der Waals surface area contributed by atoms with E-state index in [0.29, 0.717) is 32.5 Å². The van der Waals surface area contributed by atoms with Crippen LogP contribution in [0.15, 0.2) is 122 Å². The summed E-state index contributed by atoms with van der Waals surface area (Å²) in [6.45, 7) is -18.3. The van der Waals surface area contributed by atoms with Gasteiger partial charge in [0.05, 0.1) is 82.5 Å². The number of benzene rings is 6. The first-order valence-electron chi connectivity index (χ1n) is 34.5. The quantitative estimate of drug-likeness (QED) is 0.0794. The lowest BCUT2D eigenvalue weighted by Crippen LogP contribution is -2.04. The fourth-order valence-electron chi connectivity index (χ4n) is 5.94. The molecule has 19 nitrogen and oxygen atoms in total. The number of aromatic hydroxyl groups is 1. The van der Waals surface area contributed by atoms with Crippen molar-refractivity contribution in [1.29, 1.82) is 31.6 Å². The van der Waals surface area contributed by atoms with Gasteiger partial charge >= 0.3 is 0 Å². The molecule has 0 bridgehead atoms. The largest absolute Gasteiger partial charge is 0.507 e. The second kappa shape index (κ2) is 30.1. The summed E-state index contributed by atoms with van der Waals surface area (Å²) in [5.41, 5.74) is 1.54. The molecule has 0 saturated heterocycles. The SMILES string of the molecule is N#Cc1ccc(Nc2nc(Cl)c(Br)c(Cl)n2)cc1.[2H]c1c(C#N)c([2H])c(C([2H])([2H])[2H])c(O)c1C([2H])([2H])[2H].[2H]c1c(C#N)c([2H])c(C([2H])([2H])[2H])c(Oc2nc(Nc3ccc(C#N)cc3)nc(Cl)c2Br)c1C([2H])([2H])[2H].[2H]c1c(C#N)c([2H])c(C([2H])([2H])[2H])c(Oc2nc(Nc3ccc(C#N)cc3)nc(N)c2Br)c1C([2H])([2H])[2H]. The summed E-state index contributed by atoms with van der Waals surface area (Å²) in [5.74, 6) is -3.73. The number of nitriles is 6. The van der Waals surface area contributed by atoms with Crippen LogP contribution in [-0.2, 0) is 0 Å². The van der Waals surface area contributed by atoms with Gasteiger partial charge in [-0.3, -0.25) is 0 Å². The fraction of sp³-hybridized carbons (Fsp3) is 0.100. The monoisotopic (exact) mass is 1400 g/mol. The first kappa shape index (κ1) is 38.3. The first-order chi connectivity index (χ1) is 50.4. The Hall–Kier alpha value is -9.59. The van der Waals surface area contributed by atoms with E-state index in [9.17, 15) is 15.6 Å². The number of hydrogen-bond donors (Lipinski definition) is 5. The molecule has 0 unspecified atom stereocenters. The van der Waals surface area contributed by atoms with E-state index in [1.165, 1.54) is 42.5 Å². The topological polar surface area (TPSA) is 321 Å². The van der Waals surface area contributed by atoms with Crippen LogP contribution in [0.3, 0.4) is 0 Å². The first-order valence-corrected chi connectivity index (χ1v) is 26.0. The third kappa shape index (κ3) is 17.7. The summed E-state index contributed by atoms with van der Waals surface area (Å²) in [6.07, 6.45) is 0. The molecule has 3 aromatic heterocycles. The van der Waals surface area contributed by atoms with Gasteiger partial charge < -0.3 is 36.3 Å². The predicted octanol–water partition coefficient (Wildman–Crippen LogP) is 16.5. The molecule has 0 saturated carbocycles. The Labute approximate surface area is 562 Å². The number of nitrogens with one attached hydrogen (secondary N) is 3. The maximum absolute atomic E-state index is 9.77. The molecule has 422 valence electrons. The van der Waals surface area contributed by atoms with Crippen LogP contribution in [0.1, 0.15) is 99.7 Å². The van der Waals surface area contributed by atoms with E-state index in [4.69, 9.17) is 104 Å². The van der Waals surface area contributed by atoms with Crippen LogP contribution < -0.4 is 31.2 Å². The Balaban J connectivity index is 0.000000238. The van der Waals surface area contributed by atoms with Gasteiger partial charge in [0.1, 0.15) is 42.3 Å². The Kier molecular flexibility index (Phi) is 13.6. The number of rotatable bonds is 10. The van der Waals surface area contributed by atoms with Gasteiger partial charge in [0.2, 0.25) is 29.6 Å². The minimum Gasteiger partial charge on any atom is -0.507 e. The van der Waals surface area contributed by atoms with E-state index in [1.807, 2.05) is 18.2 Å². The lowest BCUT2D eigenvalue weighted by Gasteiger charge is -2.14. The van der Waals surface area contributed by atoms with Crippen molar-refractivity contribution in [2.24, 2.45) is 0 Å². The van der Waals surface area contributed by atoms with Crippen LogP contribution in [0.4, 0.5) is 40.7 Å². The van der Waals surface area contributed by atoms with E-state index in [-0.39, 0.29) is 48.1 Å². The van der Waals surface area contributed by atoms with Crippen molar-refractivity contribution in [3.05, 3.63) is 205 Å². The molecule has 0 radical (unpaired) electrons. The molecule has 3 heterocycles. The Morgan fingerprint density at radius 2 is 0.718 bits per heavy atom. The van der Waals surface area contributed by atoms with Gasteiger partial charge in [-0.25, -0.2) is 0 Å². The van der Waals surface area contributed by atoms with Crippen molar-refractivity contribution < 1.29 is 47.5 Å². The molecular formula is C60H42Br3Cl3N16O3. The van der Waals surface area contributed by atoms with Crippen LogP contribution in [0.2, 0.25) is 15.5 Å². The zero-order chi connectivity index (χ0) is 82.3. The lowest BCUT2D eigenvalue weighted by molar-refractivity contribution is 0.452. The lowest BCUT2D eigenvalue weighted by atomic mass is 10.1. The summed E-state index contributed by atoms with van der Waals surface area (Å²) in [4.78, 5) is 24.4. The van der Waals surface area contributed by atoms with Gasteiger partial charge in [-0.2, -0.15) is 61.5 Å². The number of nitrogens with two attached hydrogens (primary N) is 1. The zero-order valence-electron chi connectivity index (χ0n) is 65.9. The highest BCUT2D eigenvalue weighted by atomic mass is 79.9. The van der Waals surface area contributed by atoms with E-state index >= 15 is 0 Å². The standard InChI is InChI=1S/C20H13BrClN5O.C20H15BrN6O.C11H5BrCl2N4.C9H9NO/c1-11-7-14(10-24)8-12(2)17(11)28-19-16(21)18(22)26-20(27-19)25-15-5-3-13(9-23)4-6-15;1-11-7-14(10-23)8-12(2)17(11)28-19-16(21)18(24)26-20(27-19)25-15-5-3-13(9-22)4-6-15;12-8-9(13)17-11(18-10(8)14)16-7-3-1-6(5-15)2-4-7;1-6-3-8(5-10)4-7(2)9(6)11/h3-8H,1-2H3,(H,25,26,27);3-8H,1-2H3,(H3,24,25,26,27);1-4H,(H,16,17,18);3-4,11H,1-2H3/i2*1D3,2D3,7D,8D;;1D3,2D3,3D,4D. The minimum atomic E-state index is -3.08. The fourth-order valence-corrected chi connectivity index (χ4v) is 7.18. The van der Waals surface area contributed by atoms with Crippen LogP contribution in [0.5, 0.6) is 29.0 Å². The minimum absolute atomic E-state index is 0.0525. The summed E-state index contributed by atoms with van der Waals surface area (Å²) in [5, 5.41) is 72.8. The molecule has 0 aliphatic carbocycles. The maximum atomic E-state index is 9.77. The number of phenolic OH excluding ortho intramolecular Hbond substituents is 1. The average Bonchev–Trinajstić information content (AvgIpc) is 0.752. The molecule has 85 heavy (non-hydrogen) atoms. The number of halogens is 6. The second-order valence-electron chi connectivity index (χ2n) is 15.6. The Bertz CT molecular complexity index is 4950. The molecule has 0 atom stereocenters. The van der Waals surface area contributed by atoms with Crippen molar-refractivity contribution in [3.8, 4) is 65.4 Å². The van der Waals surface area contributed by atoms with Gasteiger partial charge in [0.25, 0.3) is 0 Å². The summed E-state index contributed by atoms with van der Waals surface area (Å²) in [6, 6.07) is 24.6. The van der Waals surface area contributed by atoms with Crippen molar-refractivity contribution >= 4 is 123 Å². The normalized spacial score (nSPS) is 14.9. The Morgan fingerprint density at radius 3 is 1.04 bits per heavy atom. The molecule has 6 aromatic carbocycles. The number of hydrogen-bond acceptors (Lipinski definition) is 19. The number of ether oxygens (including phenoxy) is 2. The smallest absolute Gasteiger partial charge is 0.240 e. The van der Waals surface area contributed by atoms with Gasteiger partial charge in [0, 0.05) is 41.7 Å². The molecule has 0 fully saturated rings. The number of nitrogen functional groups attached to an aromatic ring is 1. The van der Waals surface area contributed by atoms with Crippen molar-refractivity contribution in [1.82, 2.24) is 29.9 Å². The highest BCUT2D eigenvalue weighted by molar-refractivity contribution is 9.11. The summed E-state index contributed by atoms with van der Waals surface area (Å²) < 4.78 is 197. The van der Waals surface area contributed by atoms with Gasteiger partial charge in [-0.1, -0.05) is 34.8 Å². The summed E-state index contributed by atoms with van der Waals surface area (Å²) in [7, 11) is 0. The summed E-state index contributed by atoms with van der Waals surface area (Å²) >= 11 is 27.3. The van der Waals surface area contributed by atoms with Gasteiger partial charge in [0.15, 0.2) is 5.15 Å². The molecule has 0 amide bonds. The molecule has 6 N–H and O–H groups in total. The van der Waals surface area contributed by atoms with E-state index in [0.717, 1.165) is 5.69 Å². The van der Waals surface area contributed by atoms with E-state index in [1.54, 1.807) is 48.5 Å². The third-order valence-electron chi connectivity index (χ3n) is 9.82. The van der Waals surface area contributed by atoms with Gasteiger partial charge in [-0.05, 0) is 231 Å². The number of anilines is 7. The molecule has 25 heteroatoms.